The Morgan fingerprint density at radius 3 is 2.55 bits per heavy atom. The third-order valence-corrected chi connectivity index (χ3v) is 6.34. The number of nitrogens with one attached hydrogen (secondary N) is 1. The van der Waals surface area contributed by atoms with Gasteiger partial charge in [-0.15, -0.1) is 0 Å². The summed E-state index contributed by atoms with van der Waals surface area (Å²) in [5, 5.41) is 16.8. The maximum absolute atomic E-state index is 12.2. The number of hydrogen-bond donors (Lipinski definition) is 2. The maximum Gasteiger partial charge on any atom is 0.254 e. The summed E-state index contributed by atoms with van der Waals surface area (Å²) in [5.41, 5.74) is 7.72. The second-order valence-electron chi connectivity index (χ2n) is 8.79. The molecule has 2 amide bonds. The molecule has 1 aliphatic carbocycles. The molecule has 2 fully saturated rings. The zero-order valence-electron chi connectivity index (χ0n) is 19.8. The van der Waals surface area contributed by atoms with Crippen molar-refractivity contribution in [3.05, 3.63) is 47.2 Å². The molecule has 1 aromatic carbocycles. The highest BCUT2D eigenvalue weighted by Crippen LogP contribution is 2.36. The lowest BCUT2D eigenvalue weighted by Crippen LogP contribution is -2.46. The minimum absolute atomic E-state index is 0.0104. The zero-order chi connectivity index (χ0) is 24.0. The van der Waals surface area contributed by atoms with Gasteiger partial charge in [-0.1, -0.05) is 43.7 Å². The summed E-state index contributed by atoms with van der Waals surface area (Å²) in [7, 11) is 0. The molecule has 0 radical (unpaired) electrons. The summed E-state index contributed by atoms with van der Waals surface area (Å²) in [4.78, 5) is 26.6. The fourth-order valence-electron chi connectivity index (χ4n) is 4.28. The van der Waals surface area contributed by atoms with Crippen LogP contribution in [0.2, 0.25) is 0 Å². The van der Waals surface area contributed by atoms with Crippen molar-refractivity contribution in [1.82, 2.24) is 14.7 Å². The number of carbonyl (C=O) groups excluding carboxylic acids is 2. The second-order valence-corrected chi connectivity index (χ2v) is 8.79. The van der Waals surface area contributed by atoms with Crippen molar-refractivity contribution in [3.8, 4) is 6.07 Å². The molecule has 1 saturated heterocycles. The van der Waals surface area contributed by atoms with Gasteiger partial charge >= 0.3 is 0 Å². The molecule has 1 aromatic heterocycles. The molecule has 4 rings (SSSR count). The molecule has 0 bridgehead atoms. The SMILES string of the molecule is CC.Cc1cccc(CN2CCC(CC#N)(n3cc(C(N)=O)c(NC(=O)C4CC4)n3)CC2)c1. The standard InChI is InChI=1S/C23H28N6O2.C2H6/c1-16-3-2-4-17(13-16)14-28-11-8-23(7-10-24,9-12-28)29-15-19(20(25)30)21(27-29)26-22(31)18-5-6-18;1-2/h2-4,13,15,18H,5-9,11-12,14H2,1H3,(H2,25,30)(H,26,27,31);1-2H3. The van der Waals surface area contributed by atoms with Gasteiger partial charge in [0.25, 0.3) is 5.91 Å². The minimum atomic E-state index is -0.638. The fourth-order valence-corrected chi connectivity index (χ4v) is 4.28. The van der Waals surface area contributed by atoms with Crippen molar-refractivity contribution in [3.63, 3.8) is 0 Å². The highest BCUT2D eigenvalue weighted by atomic mass is 16.2. The third kappa shape index (κ3) is 5.79. The molecule has 3 N–H and O–H groups in total. The van der Waals surface area contributed by atoms with Crippen molar-refractivity contribution >= 4 is 17.6 Å². The Bertz CT molecular complexity index is 1030. The molecular weight excluding hydrogens is 416 g/mol. The van der Waals surface area contributed by atoms with E-state index in [0.29, 0.717) is 0 Å². The van der Waals surface area contributed by atoms with E-state index in [1.54, 1.807) is 10.9 Å². The molecule has 8 nitrogen and oxygen atoms in total. The van der Waals surface area contributed by atoms with E-state index >= 15 is 0 Å². The molecule has 0 unspecified atom stereocenters. The first-order chi connectivity index (χ1) is 15.9. The number of primary amides is 1. The smallest absolute Gasteiger partial charge is 0.254 e. The number of nitrogens with zero attached hydrogens (tertiary/aromatic N) is 4. The summed E-state index contributed by atoms with van der Waals surface area (Å²) in [5.74, 6) is -0.580. The van der Waals surface area contributed by atoms with E-state index in [9.17, 15) is 14.9 Å². The lowest BCUT2D eigenvalue weighted by atomic mass is 9.84. The Morgan fingerprint density at radius 2 is 1.97 bits per heavy atom. The largest absolute Gasteiger partial charge is 0.365 e. The van der Waals surface area contributed by atoms with Crippen LogP contribution in [0.5, 0.6) is 0 Å². The predicted molar refractivity (Wildman–Crippen MR) is 127 cm³/mol. The van der Waals surface area contributed by atoms with Gasteiger partial charge < -0.3 is 11.1 Å². The van der Waals surface area contributed by atoms with Crippen LogP contribution in [0, 0.1) is 24.2 Å². The van der Waals surface area contributed by atoms with Crippen molar-refractivity contribution in [2.24, 2.45) is 11.7 Å². The molecule has 1 aliphatic heterocycles. The summed E-state index contributed by atoms with van der Waals surface area (Å²) >= 11 is 0. The van der Waals surface area contributed by atoms with Gasteiger partial charge in [0.1, 0.15) is 5.56 Å². The fraction of sp³-hybridized carbons (Fsp3) is 0.520. The zero-order valence-corrected chi connectivity index (χ0v) is 19.8. The second kappa shape index (κ2) is 10.6. The van der Waals surface area contributed by atoms with Crippen LogP contribution in [0.25, 0.3) is 0 Å². The van der Waals surface area contributed by atoms with Gasteiger partial charge in [0, 0.05) is 31.7 Å². The summed E-state index contributed by atoms with van der Waals surface area (Å²) in [6, 6.07) is 10.8. The van der Waals surface area contributed by atoms with Crippen LogP contribution >= 0.6 is 0 Å². The van der Waals surface area contributed by atoms with Crippen LogP contribution in [0.1, 0.15) is 67.4 Å². The number of carbonyl (C=O) groups is 2. The first-order valence-electron chi connectivity index (χ1n) is 11.8. The number of piperidine rings is 1. The first kappa shape index (κ1) is 24.5. The number of rotatable bonds is 7. The van der Waals surface area contributed by atoms with Gasteiger partial charge in [0.05, 0.1) is 18.0 Å². The number of aryl methyl sites for hydroxylation is 1. The lowest BCUT2D eigenvalue weighted by Gasteiger charge is -2.40. The van der Waals surface area contributed by atoms with E-state index in [4.69, 9.17) is 5.73 Å². The van der Waals surface area contributed by atoms with Crippen molar-refractivity contribution in [2.45, 2.75) is 65.0 Å². The van der Waals surface area contributed by atoms with E-state index in [2.05, 4.69) is 52.6 Å². The minimum Gasteiger partial charge on any atom is -0.365 e. The number of nitriles is 1. The maximum atomic E-state index is 12.2. The van der Waals surface area contributed by atoms with Crippen LogP contribution in [-0.4, -0.2) is 39.6 Å². The summed E-state index contributed by atoms with van der Waals surface area (Å²) in [6.07, 6.45) is 5.03. The van der Waals surface area contributed by atoms with E-state index in [1.165, 1.54) is 11.1 Å². The topological polar surface area (TPSA) is 117 Å². The van der Waals surface area contributed by atoms with Crippen molar-refractivity contribution < 1.29 is 9.59 Å². The van der Waals surface area contributed by atoms with E-state index in [1.807, 2.05) is 13.8 Å². The molecule has 2 heterocycles. The first-order valence-corrected chi connectivity index (χ1v) is 11.8. The molecule has 0 atom stereocenters. The van der Waals surface area contributed by atoms with Gasteiger partial charge in [-0.25, -0.2) is 0 Å². The van der Waals surface area contributed by atoms with Gasteiger partial charge in [0.15, 0.2) is 5.82 Å². The highest BCUT2D eigenvalue weighted by Gasteiger charge is 2.39. The highest BCUT2D eigenvalue weighted by molar-refractivity contribution is 6.02. The van der Waals surface area contributed by atoms with Crippen LogP contribution in [0.15, 0.2) is 30.5 Å². The number of likely N-dealkylation sites (tertiary alicyclic amines) is 1. The number of hydrogen-bond acceptors (Lipinski definition) is 5. The normalized spacial score (nSPS) is 17.4. The lowest BCUT2D eigenvalue weighted by molar-refractivity contribution is -0.117. The average molecular weight is 451 g/mol. The van der Waals surface area contributed by atoms with Gasteiger partial charge in [0.2, 0.25) is 5.91 Å². The quantitative estimate of drug-likeness (QED) is 0.669. The molecule has 1 saturated carbocycles. The van der Waals surface area contributed by atoms with E-state index in [-0.39, 0.29) is 29.6 Å². The molecule has 8 heteroatoms. The monoisotopic (exact) mass is 450 g/mol. The number of nitrogens with two attached hydrogens (primary N) is 1. The number of anilines is 1. The Hall–Kier alpha value is -3.18. The Morgan fingerprint density at radius 1 is 1.27 bits per heavy atom. The van der Waals surface area contributed by atoms with E-state index < -0.39 is 11.4 Å². The molecule has 176 valence electrons. The molecule has 2 aliphatic rings. The molecule has 0 spiro atoms. The molecular formula is C25H34N6O2. The van der Waals surface area contributed by atoms with Crippen molar-refractivity contribution in [1.29, 1.82) is 5.26 Å². The number of amides is 2. The van der Waals surface area contributed by atoms with Gasteiger partial charge in [-0.3, -0.25) is 19.2 Å². The Balaban J connectivity index is 0.00000149. The van der Waals surface area contributed by atoms with Crippen molar-refractivity contribution in [2.75, 3.05) is 18.4 Å². The number of benzene rings is 1. The van der Waals surface area contributed by atoms with Crippen LogP contribution in [0.3, 0.4) is 0 Å². The van der Waals surface area contributed by atoms with Crippen LogP contribution in [0.4, 0.5) is 5.82 Å². The average Bonchev–Trinajstić information content (AvgIpc) is 3.57. The summed E-state index contributed by atoms with van der Waals surface area (Å²) in [6.45, 7) is 8.57. The number of aromatic nitrogens is 2. The Labute approximate surface area is 195 Å². The molecule has 2 aromatic rings. The summed E-state index contributed by atoms with van der Waals surface area (Å²) < 4.78 is 1.70. The van der Waals surface area contributed by atoms with Crippen LogP contribution in [-0.2, 0) is 16.9 Å². The molecule has 33 heavy (non-hydrogen) atoms. The van der Waals surface area contributed by atoms with Crippen LogP contribution < -0.4 is 11.1 Å². The van der Waals surface area contributed by atoms with E-state index in [0.717, 1.165) is 45.3 Å². The third-order valence-electron chi connectivity index (χ3n) is 6.34. The predicted octanol–water partition coefficient (Wildman–Crippen LogP) is 3.57. The van der Waals surface area contributed by atoms with Gasteiger partial charge in [-0.2, -0.15) is 10.4 Å². The Kier molecular flexibility index (Phi) is 7.88. The van der Waals surface area contributed by atoms with Gasteiger partial charge in [-0.05, 0) is 38.2 Å².